The van der Waals surface area contributed by atoms with Gasteiger partial charge in [0.1, 0.15) is 0 Å². The second kappa shape index (κ2) is 5.03. The fraction of sp³-hybridized carbons (Fsp3) is 0.933. The Kier molecular flexibility index (Phi) is 3.57. The highest BCUT2D eigenvalue weighted by Crippen LogP contribution is 2.49. The number of rotatable bonds is 4. The van der Waals surface area contributed by atoms with Gasteiger partial charge in [0.25, 0.3) is 0 Å². The van der Waals surface area contributed by atoms with Crippen molar-refractivity contribution in [2.45, 2.75) is 50.3 Å². The monoisotopic (exact) mass is 269 g/mol. The van der Waals surface area contributed by atoms with Crippen LogP contribution in [0.4, 0.5) is 0 Å². The summed E-state index contributed by atoms with van der Waals surface area (Å²) in [7, 11) is 1.97. The first-order valence-electron chi connectivity index (χ1n) is 7.50. The van der Waals surface area contributed by atoms with Crippen LogP contribution in [-0.4, -0.2) is 29.8 Å². The molecule has 3 unspecified atom stereocenters. The van der Waals surface area contributed by atoms with E-state index in [4.69, 9.17) is 11.6 Å². The molecule has 3 aliphatic rings. The molecule has 3 fully saturated rings. The maximum absolute atomic E-state index is 12.2. The molecule has 3 atom stereocenters. The van der Waals surface area contributed by atoms with Crippen molar-refractivity contribution in [1.29, 1.82) is 0 Å². The quantitative estimate of drug-likeness (QED) is 0.717. The molecule has 1 amide bonds. The Morgan fingerprint density at radius 2 is 2.00 bits per heavy atom. The zero-order valence-corrected chi connectivity index (χ0v) is 12.0. The summed E-state index contributed by atoms with van der Waals surface area (Å²) >= 11 is 5.98. The van der Waals surface area contributed by atoms with E-state index in [1.165, 1.54) is 25.7 Å². The van der Waals surface area contributed by atoms with E-state index in [1.807, 2.05) is 11.9 Å². The largest absolute Gasteiger partial charge is 0.345 e. The van der Waals surface area contributed by atoms with E-state index in [0.717, 1.165) is 37.6 Å². The molecular formula is C15H24ClNO. The minimum Gasteiger partial charge on any atom is -0.345 e. The highest BCUT2D eigenvalue weighted by molar-refractivity contribution is 6.21. The molecule has 3 saturated carbocycles. The van der Waals surface area contributed by atoms with E-state index in [9.17, 15) is 4.79 Å². The van der Waals surface area contributed by atoms with Crippen molar-refractivity contribution >= 4 is 17.5 Å². The average molecular weight is 270 g/mol. The molecule has 2 nitrogen and oxygen atoms in total. The summed E-state index contributed by atoms with van der Waals surface area (Å²) in [5, 5.41) is 0.365. The van der Waals surface area contributed by atoms with Gasteiger partial charge in [0.15, 0.2) is 0 Å². The van der Waals surface area contributed by atoms with Crippen molar-refractivity contribution in [3.63, 3.8) is 0 Å². The van der Waals surface area contributed by atoms with Gasteiger partial charge < -0.3 is 4.90 Å². The minimum absolute atomic E-state index is 0.365. The van der Waals surface area contributed by atoms with E-state index in [1.54, 1.807) is 0 Å². The lowest BCUT2D eigenvalue weighted by molar-refractivity contribution is -0.132. The number of hydrogen-bond donors (Lipinski definition) is 0. The molecule has 18 heavy (non-hydrogen) atoms. The third-order valence-electron chi connectivity index (χ3n) is 5.46. The Morgan fingerprint density at radius 3 is 2.56 bits per heavy atom. The molecule has 3 aliphatic carbocycles. The Balaban J connectivity index is 1.43. The van der Waals surface area contributed by atoms with Crippen LogP contribution in [0.2, 0.25) is 0 Å². The third-order valence-corrected chi connectivity index (χ3v) is 5.81. The minimum atomic E-state index is 0.365. The van der Waals surface area contributed by atoms with Crippen molar-refractivity contribution in [3.8, 4) is 0 Å². The van der Waals surface area contributed by atoms with Crippen LogP contribution >= 0.6 is 11.6 Å². The molecule has 0 radical (unpaired) electrons. The van der Waals surface area contributed by atoms with E-state index in [-0.39, 0.29) is 0 Å². The van der Waals surface area contributed by atoms with Crippen LogP contribution in [0.3, 0.4) is 0 Å². The number of amides is 1. The summed E-state index contributed by atoms with van der Waals surface area (Å²) in [6.45, 7) is 0.920. The predicted molar refractivity (Wildman–Crippen MR) is 73.6 cm³/mol. The Labute approximate surface area is 115 Å². The smallest absolute Gasteiger partial charge is 0.222 e. The lowest BCUT2D eigenvalue weighted by Gasteiger charge is -2.34. The molecule has 0 heterocycles. The molecule has 3 heteroatoms. The topological polar surface area (TPSA) is 20.3 Å². The van der Waals surface area contributed by atoms with Gasteiger partial charge >= 0.3 is 0 Å². The number of fused-ring (bicyclic) bond motifs is 2. The van der Waals surface area contributed by atoms with Gasteiger partial charge in [-0.25, -0.2) is 0 Å². The van der Waals surface area contributed by atoms with Crippen LogP contribution in [0.1, 0.15) is 44.9 Å². The first kappa shape index (κ1) is 12.8. The van der Waals surface area contributed by atoms with Gasteiger partial charge in [0, 0.05) is 25.4 Å². The first-order valence-corrected chi connectivity index (χ1v) is 7.93. The SMILES string of the molecule is CN(CC1CC(Cl)C1)C(=O)CC1CC2CCC1C2. The van der Waals surface area contributed by atoms with E-state index in [0.29, 0.717) is 23.1 Å². The van der Waals surface area contributed by atoms with Gasteiger partial charge in [-0.1, -0.05) is 6.42 Å². The van der Waals surface area contributed by atoms with Crippen LogP contribution in [0.25, 0.3) is 0 Å². The summed E-state index contributed by atoms with van der Waals surface area (Å²) in [5.74, 6) is 3.53. The molecule has 0 aromatic rings. The fourth-order valence-electron chi connectivity index (χ4n) is 4.30. The number of alkyl halides is 1. The summed E-state index contributed by atoms with van der Waals surface area (Å²) in [4.78, 5) is 14.2. The van der Waals surface area contributed by atoms with Crippen LogP contribution in [0, 0.1) is 23.7 Å². The van der Waals surface area contributed by atoms with Gasteiger partial charge in [0.05, 0.1) is 0 Å². The van der Waals surface area contributed by atoms with Crippen molar-refractivity contribution in [2.24, 2.45) is 23.7 Å². The number of carbonyl (C=O) groups excluding carboxylic acids is 1. The molecule has 0 aliphatic heterocycles. The van der Waals surface area contributed by atoms with Crippen LogP contribution in [0.15, 0.2) is 0 Å². The van der Waals surface area contributed by atoms with Gasteiger partial charge in [-0.2, -0.15) is 0 Å². The lowest BCUT2D eigenvalue weighted by Crippen LogP contribution is -2.38. The summed E-state index contributed by atoms with van der Waals surface area (Å²) in [6.07, 6.45) is 8.50. The summed E-state index contributed by atoms with van der Waals surface area (Å²) in [5.41, 5.74) is 0. The second-order valence-corrected chi connectivity index (χ2v) is 7.47. The zero-order valence-electron chi connectivity index (χ0n) is 11.3. The standard InChI is InChI=1S/C15H24ClNO/c1-17(9-11-6-14(16)7-11)15(18)8-13-5-10-2-3-12(13)4-10/h10-14H,2-9H2,1H3. The average Bonchev–Trinajstić information content (AvgIpc) is 2.88. The molecule has 3 rings (SSSR count). The molecule has 0 spiro atoms. The lowest BCUT2D eigenvalue weighted by atomic mass is 9.84. The van der Waals surface area contributed by atoms with E-state index in [2.05, 4.69) is 0 Å². The van der Waals surface area contributed by atoms with Crippen molar-refractivity contribution in [2.75, 3.05) is 13.6 Å². The van der Waals surface area contributed by atoms with Gasteiger partial charge in [-0.3, -0.25) is 4.79 Å². The summed E-state index contributed by atoms with van der Waals surface area (Å²) in [6, 6.07) is 0. The van der Waals surface area contributed by atoms with Gasteiger partial charge in [-0.15, -0.1) is 11.6 Å². The molecule has 0 aromatic carbocycles. The number of halogens is 1. The highest BCUT2D eigenvalue weighted by atomic mass is 35.5. The first-order chi connectivity index (χ1) is 8.61. The van der Waals surface area contributed by atoms with Gasteiger partial charge in [-0.05, 0) is 55.8 Å². The Morgan fingerprint density at radius 1 is 1.22 bits per heavy atom. The third kappa shape index (κ3) is 2.54. The maximum atomic E-state index is 12.2. The molecule has 2 bridgehead atoms. The molecule has 102 valence electrons. The molecular weight excluding hydrogens is 246 g/mol. The van der Waals surface area contributed by atoms with Gasteiger partial charge in [0.2, 0.25) is 5.91 Å². The van der Waals surface area contributed by atoms with E-state index < -0.39 is 0 Å². The fourth-order valence-corrected chi connectivity index (χ4v) is 4.80. The normalized spacial score (nSPS) is 41.8. The van der Waals surface area contributed by atoms with Crippen LogP contribution in [-0.2, 0) is 4.79 Å². The summed E-state index contributed by atoms with van der Waals surface area (Å²) < 4.78 is 0. The number of hydrogen-bond acceptors (Lipinski definition) is 1. The van der Waals surface area contributed by atoms with Crippen LogP contribution < -0.4 is 0 Å². The van der Waals surface area contributed by atoms with Crippen molar-refractivity contribution < 1.29 is 4.79 Å². The molecule has 0 aromatic heterocycles. The van der Waals surface area contributed by atoms with Crippen molar-refractivity contribution in [3.05, 3.63) is 0 Å². The van der Waals surface area contributed by atoms with E-state index >= 15 is 0 Å². The zero-order chi connectivity index (χ0) is 12.7. The number of carbonyl (C=O) groups is 1. The highest BCUT2D eigenvalue weighted by Gasteiger charge is 2.40. The number of nitrogens with zero attached hydrogens (tertiary/aromatic N) is 1. The molecule has 0 N–H and O–H groups in total. The second-order valence-electron chi connectivity index (χ2n) is 6.85. The maximum Gasteiger partial charge on any atom is 0.222 e. The predicted octanol–water partition coefficient (Wildman–Crippen LogP) is 3.29. The molecule has 0 saturated heterocycles. The Bertz CT molecular complexity index is 326. The Hall–Kier alpha value is -0.240. The van der Waals surface area contributed by atoms with Crippen LogP contribution in [0.5, 0.6) is 0 Å². The van der Waals surface area contributed by atoms with Crippen molar-refractivity contribution in [1.82, 2.24) is 4.90 Å².